The van der Waals surface area contributed by atoms with Crippen molar-refractivity contribution in [2.75, 3.05) is 31.1 Å². The Kier molecular flexibility index (Phi) is 5.18. The zero-order valence-corrected chi connectivity index (χ0v) is 17.5. The van der Waals surface area contributed by atoms with Crippen molar-refractivity contribution in [1.29, 1.82) is 0 Å². The lowest BCUT2D eigenvalue weighted by Gasteiger charge is -2.29. The van der Waals surface area contributed by atoms with Crippen LogP contribution in [-0.4, -0.2) is 51.7 Å². The molecule has 0 aliphatic carbocycles. The smallest absolute Gasteiger partial charge is 0.168 e. The predicted molar refractivity (Wildman–Crippen MR) is 121 cm³/mol. The van der Waals surface area contributed by atoms with Crippen LogP contribution in [0.5, 0.6) is 0 Å². The number of anilines is 1. The minimum absolute atomic E-state index is 0.0696. The van der Waals surface area contributed by atoms with E-state index in [1.165, 1.54) is 0 Å². The van der Waals surface area contributed by atoms with E-state index in [-0.39, 0.29) is 12.2 Å². The number of ketones is 1. The Bertz CT molecular complexity index is 1240. The molecule has 4 heterocycles. The number of rotatable bonds is 5. The van der Waals surface area contributed by atoms with E-state index in [9.17, 15) is 4.79 Å². The number of pyridine rings is 2. The van der Waals surface area contributed by atoms with Gasteiger partial charge in [0.05, 0.1) is 24.3 Å². The van der Waals surface area contributed by atoms with Crippen molar-refractivity contribution >= 4 is 22.4 Å². The second-order valence-corrected chi connectivity index (χ2v) is 7.88. The number of hydrogen-bond acceptors (Lipinski definition) is 6. The van der Waals surface area contributed by atoms with Crippen LogP contribution < -0.4 is 10.2 Å². The number of nitrogens with one attached hydrogen (secondary N) is 1. The van der Waals surface area contributed by atoms with Crippen LogP contribution in [0, 0.1) is 0 Å². The van der Waals surface area contributed by atoms with E-state index in [0.29, 0.717) is 0 Å². The fraction of sp³-hybridized carbons (Fsp3) is 0.250. The van der Waals surface area contributed by atoms with Crippen LogP contribution in [0.1, 0.15) is 16.1 Å². The summed E-state index contributed by atoms with van der Waals surface area (Å²) in [6.45, 7) is 3.84. The van der Waals surface area contributed by atoms with E-state index in [1.54, 1.807) is 10.9 Å². The van der Waals surface area contributed by atoms with Gasteiger partial charge in [0.1, 0.15) is 0 Å². The number of hydrogen-bond donors (Lipinski definition) is 1. The highest BCUT2D eigenvalue weighted by Gasteiger charge is 2.14. The van der Waals surface area contributed by atoms with E-state index >= 15 is 0 Å². The quantitative estimate of drug-likeness (QED) is 0.508. The molecule has 1 saturated heterocycles. The van der Waals surface area contributed by atoms with E-state index in [1.807, 2.05) is 49.9 Å². The van der Waals surface area contributed by atoms with Crippen LogP contribution in [0.4, 0.5) is 5.69 Å². The summed E-state index contributed by atoms with van der Waals surface area (Å²) in [4.78, 5) is 24.3. The van der Waals surface area contributed by atoms with E-state index in [2.05, 4.69) is 37.4 Å². The molecule has 1 aliphatic rings. The van der Waals surface area contributed by atoms with Crippen LogP contribution in [0.25, 0.3) is 22.0 Å². The summed E-state index contributed by atoms with van der Waals surface area (Å²) >= 11 is 0. The lowest BCUT2D eigenvalue weighted by Crippen LogP contribution is -2.43. The first kappa shape index (κ1) is 19.4. The molecule has 5 rings (SSSR count). The fourth-order valence-electron chi connectivity index (χ4n) is 3.97. The Hall–Kier alpha value is -3.58. The van der Waals surface area contributed by atoms with E-state index in [0.717, 1.165) is 65.2 Å². The van der Waals surface area contributed by atoms with Gasteiger partial charge in [-0.1, -0.05) is 12.1 Å². The number of aryl methyl sites for hydroxylation is 1. The third-order valence-electron chi connectivity index (χ3n) is 5.65. The number of fused-ring (bicyclic) bond motifs is 1. The van der Waals surface area contributed by atoms with Crippen LogP contribution >= 0.6 is 0 Å². The molecule has 0 atom stereocenters. The van der Waals surface area contributed by atoms with Crippen molar-refractivity contribution in [1.82, 2.24) is 25.1 Å². The van der Waals surface area contributed by atoms with Crippen molar-refractivity contribution < 1.29 is 4.79 Å². The first-order chi connectivity index (χ1) is 15.2. The van der Waals surface area contributed by atoms with Gasteiger partial charge in [-0.2, -0.15) is 5.10 Å². The molecule has 4 aromatic rings. The molecule has 0 radical (unpaired) electrons. The Labute approximate surface area is 180 Å². The maximum absolute atomic E-state index is 13.0. The van der Waals surface area contributed by atoms with Crippen molar-refractivity contribution in [2.24, 2.45) is 7.05 Å². The Balaban J connectivity index is 1.37. The topological polar surface area (TPSA) is 75.9 Å². The first-order valence-corrected chi connectivity index (χ1v) is 10.5. The molecule has 1 fully saturated rings. The number of benzene rings is 1. The summed E-state index contributed by atoms with van der Waals surface area (Å²) in [7, 11) is 1.89. The second kappa shape index (κ2) is 8.28. The normalized spacial score (nSPS) is 14.2. The molecule has 1 N–H and O–H groups in total. The standard InChI is InChI=1S/C24H24N6O/c1-29-16-20(14-28-29)19-9-18-10-21(26-15-23(18)27-13-19)12-24(31)17-3-2-4-22(11-17)30-7-5-25-6-8-30/h2-4,9-11,13-16,25H,5-8,12H2,1H3. The van der Waals surface area contributed by atoms with E-state index < -0.39 is 0 Å². The first-order valence-electron chi connectivity index (χ1n) is 10.5. The van der Waals surface area contributed by atoms with Crippen molar-refractivity contribution in [2.45, 2.75) is 6.42 Å². The number of aromatic nitrogens is 4. The van der Waals surface area contributed by atoms with Crippen LogP contribution in [0.2, 0.25) is 0 Å². The fourth-order valence-corrected chi connectivity index (χ4v) is 3.97. The molecule has 0 saturated carbocycles. The van der Waals surface area contributed by atoms with Gasteiger partial charge >= 0.3 is 0 Å². The molecule has 0 unspecified atom stereocenters. The SMILES string of the molecule is Cn1cc(-c2cnc3cnc(CC(=O)c4cccc(N5CCNCC5)c4)cc3c2)cn1. The molecule has 1 aliphatic heterocycles. The Morgan fingerprint density at radius 1 is 1.03 bits per heavy atom. The number of Topliss-reactive ketones (excluding diaryl/α,β-unsaturated/α-hetero) is 1. The largest absolute Gasteiger partial charge is 0.369 e. The number of carbonyl (C=O) groups excluding carboxylic acids is 1. The highest BCUT2D eigenvalue weighted by atomic mass is 16.1. The molecule has 3 aromatic heterocycles. The molecule has 7 nitrogen and oxygen atoms in total. The van der Waals surface area contributed by atoms with Gasteiger partial charge in [-0.3, -0.25) is 19.4 Å². The minimum atomic E-state index is 0.0696. The van der Waals surface area contributed by atoms with Crippen LogP contribution in [0.3, 0.4) is 0 Å². The minimum Gasteiger partial charge on any atom is -0.369 e. The van der Waals surface area contributed by atoms with Gasteiger partial charge in [-0.15, -0.1) is 0 Å². The maximum Gasteiger partial charge on any atom is 0.168 e. The lowest BCUT2D eigenvalue weighted by molar-refractivity contribution is 0.0992. The van der Waals surface area contributed by atoms with Gasteiger partial charge in [0.15, 0.2) is 5.78 Å². The number of nitrogens with zero attached hydrogens (tertiary/aromatic N) is 5. The monoisotopic (exact) mass is 412 g/mol. The third kappa shape index (κ3) is 4.18. The molecule has 7 heteroatoms. The van der Waals surface area contributed by atoms with Crippen LogP contribution in [-0.2, 0) is 13.5 Å². The highest BCUT2D eigenvalue weighted by Crippen LogP contribution is 2.23. The Morgan fingerprint density at radius 3 is 2.71 bits per heavy atom. The molecular formula is C24H24N6O. The highest BCUT2D eigenvalue weighted by molar-refractivity contribution is 5.98. The molecule has 0 amide bonds. The predicted octanol–water partition coefficient (Wildman–Crippen LogP) is 2.87. The molecule has 0 spiro atoms. The summed E-state index contributed by atoms with van der Waals surface area (Å²) < 4.78 is 1.77. The van der Waals surface area contributed by atoms with Gasteiger partial charge in [0, 0.05) is 79.1 Å². The summed E-state index contributed by atoms with van der Waals surface area (Å²) in [6.07, 6.45) is 7.60. The third-order valence-corrected chi connectivity index (χ3v) is 5.65. The zero-order valence-electron chi connectivity index (χ0n) is 17.5. The van der Waals surface area contributed by atoms with Crippen molar-refractivity contribution in [3.05, 3.63) is 72.4 Å². The zero-order chi connectivity index (χ0) is 21.2. The van der Waals surface area contributed by atoms with Gasteiger partial charge in [0.25, 0.3) is 0 Å². The molecule has 31 heavy (non-hydrogen) atoms. The van der Waals surface area contributed by atoms with Gasteiger partial charge in [-0.05, 0) is 24.3 Å². The van der Waals surface area contributed by atoms with Crippen molar-refractivity contribution in [3.63, 3.8) is 0 Å². The lowest BCUT2D eigenvalue weighted by atomic mass is 10.0. The van der Waals surface area contributed by atoms with Gasteiger partial charge < -0.3 is 10.2 Å². The number of piperazine rings is 1. The molecule has 156 valence electrons. The molecule has 1 aromatic carbocycles. The van der Waals surface area contributed by atoms with Gasteiger partial charge in [0.2, 0.25) is 0 Å². The summed E-state index contributed by atoms with van der Waals surface area (Å²) in [5, 5.41) is 8.55. The summed E-state index contributed by atoms with van der Waals surface area (Å²) in [5.41, 5.74) is 5.38. The summed E-state index contributed by atoms with van der Waals surface area (Å²) in [5.74, 6) is 0.0696. The Morgan fingerprint density at radius 2 is 1.90 bits per heavy atom. The average molecular weight is 412 g/mol. The molecular weight excluding hydrogens is 388 g/mol. The summed E-state index contributed by atoms with van der Waals surface area (Å²) in [6, 6.07) is 11.9. The van der Waals surface area contributed by atoms with Crippen LogP contribution in [0.15, 0.2) is 61.2 Å². The average Bonchev–Trinajstić information content (AvgIpc) is 3.25. The van der Waals surface area contributed by atoms with E-state index in [4.69, 9.17) is 0 Å². The molecule has 0 bridgehead atoms. The van der Waals surface area contributed by atoms with Crippen molar-refractivity contribution in [3.8, 4) is 11.1 Å². The second-order valence-electron chi connectivity index (χ2n) is 7.88. The number of carbonyl (C=O) groups is 1. The van der Waals surface area contributed by atoms with Gasteiger partial charge in [-0.25, -0.2) is 0 Å². The maximum atomic E-state index is 13.0.